The number of nitrogens with zero attached hydrogens (tertiary/aromatic N) is 3. The van der Waals surface area contributed by atoms with Crippen LogP contribution in [0.5, 0.6) is 0 Å². The van der Waals surface area contributed by atoms with Gasteiger partial charge in [-0.2, -0.15) is 0 Å². The van der Waals surface area contributed by atoms with Crippen LogP contribution < -0.4 is 5.32 Å². The van der Waals surface area contributed by atoms with E-state index in [0.29, 0.717) is 5.56 Å². The Kier molecular flexibility index (Phi) is 6.72. The summed E-state index contributed by atoms with van der Waals surface area (Å²) in [5, 5.41) is 8.75. The van der Waals surface area contributed by atoms with Gasteiger partial charge in [-0.1, -0.05) is 48.7 Å². The molecule has 0 saturated heterocycles. The van der Waals surface area contributed by atoms with Gasteiger partial charge in [0.1, 0.15) is 11.9 Å². The van der Waals surface area contributed by atoms with Crippen LogP contribution in [0.25, 0.3) is 0 Å². The molecule has 8 heteroatoms. The van der Waals surface area contributed by atoms with Crippen LogP contribution in [0, 0.1) is 5.82 Å². The second-order valence-corrected chi connectivity index (χ2v) is 8.85. The summed E-state index contributed by atoms with van der Waals surface area (Å²) in [4.78, 5) is 28.7. The lowest BCUT2D eigenvalue weighted by Gasteiger charge is -2.36. The molecule has 160 valence electrons. The Morgan fingerprint density at radius 3 is 2.33 bits per heavy atom. The molecule has 1 atom stereocenters. The van der Waals surface area contributed by atoms with Gasteiger partial charge in [-0.05, 0) is 54.9 Å². The van der Waals surface area contributed by atoms with Crippen LogP contribution >= 0.6 is 11.5 Å². The van der Waals surface area contributed by atoms with Gasteiger partial charge >= 0.3 is 0 Å². The predicted molar refractivity (Wildman–Crippen MR) is 112 cm³/mol. The number of hydrogen-bond acceptors (Lipinski definition) is 5. The zero-order valence-electron chi connectivity index (χ0n) is 16.9. The van der Waals surface area contributed by atoms with Gasteiger partial charge in [0.2, 0.25) is 5.91 Å². The first-order chi connectivity index (χ1) is 14.6. The standard InChI is InChI=1S/C22H27FN4O2S/c23-16-12-10-15(11-13-16)20(21(28)24-17-6-2-1-3-7-17)27(18-8-4-5-9-18)22(29)19-14-30-26-25-19/h10-14,17-18,20H,1-9H2,(H,24,28)/t20-/m0/s1. The molecule has 2 aliphatic rings. The maximum atomic E-state index is 13.6. The minimum absolute atomic E-state index is 0.0497. The number of carbonyl (C=O) groups excluding carboxylic acids is 2. The van der Waals surface area contributed by atoms with Crippen molar-refractivity contribution in [2.24, 2.45) is 0 Å². The van der Waals surface area contributed by atoms with Crippen molar-refractivity contribution in [1.82, 2.24) is 19.8 Å². The topological polar surface area (TPSA) is 75.2 Å². The Morgan fingerprint density at radius 1 is 1.03 bits per heavy atom. The molecular formula is C22H27FN4O2S. The van der Waals surface area contributed by atoms with Crippen LogP contribution in [0.3, 0.4) is 0 Å². The van der Waals surface area contributed by atoms with Gasteiger partial charge < -0.3 is 10.2 Å². The van der Waals surface area contributed by atoms with E-state index >= 15 is 0 Å². The molecule has 2 aromatic rings. The Labute approximate surface area is 180 Å². The van der Waals surface area contributed by atoms with Crippen molar-refractivity contribution in [1.29, 1.82) is 0 Å². The maximum absolute atomic E-state index is 13.6. The molecular weight excluding hydrogens is 403 g/mol. The highest BCUT2D eigenvalue weighted by molar-refractivity contribution is 7.03. The number of halogens is 1. The van der Waals surface area contributed by atoms with E-state index in [0.717, 1.165) is 62.9 Å². The van der Waals surface area contributed by atoms with E-state index in [4.69, 9.17) is 0 Å². The summed E-state index contributed by atoms with van der Waals surface area (Å²) in [6.07, 6.45) is 9.02. The van der Waals surface area contributed by atoms with Gasteiger partial charge in [-0.15, -0.1) is 5.10 Å². The molecule has 0 spiro atoms. The second-order valence-electron chi connectivity index (χ2n) is 8.24. The fourth-order valence-electron chi connectivity index (χ4n) is 4.68. The average molecular weight is 431 g/mol. The van der Waals surface area contributed by atoms with Crippen LogP contribution in [0.2, 0.25) is 0 Å². The largest absolute Gasteiger partial charge is 0.351 e. The predicted octanol–water partition coefficient (Wildman–Crippen LogP) is 4.25. The van der Waals surface area contributed by atoms with Crippen molar-refractivity contribution >= 4 is 23.3 Å². The Hall–Kier alpha value is -2.35. The maximum Gasteiger partial charge on any atom is 0.276 e. The zero-order chi connectivity index (χ0) is 20.9. The van der Waals surface area contributed by atoms with Crippen LogP contribution in [0.4, 0.5) is 4.39 Å². The summed E-state index contributed by atoms with van der Waals surface area (Å²) in [6, 6.07) is 5.16. The van der Waals surface area contributed by atoms with Gasteiger partial charge in [0.25, 0.3) is 5.91 Å². The normalized spacial score (nSPS) is 18.8. The Balaban J connectivity index is 1.69. The number of carbonyl (C=O) groups is 2. The lowest BCUT2D eigenvalue weighted by Crippen LogP contribution is -2.50. The van der Waals surface area contributed by atoms with Gasteiger partial charge in [0, 0.05) is 17.5 Å². The zero-order valence-corrected chi connectivity index (χ0v) is 17.7. The number of rotatable bonds is 6. The molecule has 2 fully saturated rings. The molecule has 1 aromatic carbocycles. The number of amides is 2. The quantitative estimate of drug-likeness (QED) is 0.743. The lowest BCUT2D eigenvalue weighted by molar-refractivity contribution is -0.127. The van der Waals surface area contributed by atoms with Crippen molar-refractivity contribution in [2.75, 3.05) is 0 Å². The fraction of sp³-hybridized carbons (Fsp3) is 0.545. The molecule has 6 nitrogen and oxygen atoms in total. The minimum Gasteiger partial charge on any atom is -0.351 e. The van der Waals surface area contributed by atoms with E-state index in [-0.39, 0.29) is 35.4 Å². The Bertz CT molecular complexity index is 847. The van der Waals surface area contributed by atoms with Crippen LogP contribution in [0.15, 0.2) is 29.6 Å². The first-order valence-electron chi connectivity index (χ1n) is 10.8. The highest BCUT2D eigenvalue weighted by Gasteiger charge is 2.39. The van der Waals surface area contributed by atoms with Gasteiger partial charge in [-0.3, -0.25) is 9.59 Å². The first kappa shape index (κ1) is 20.9. The van der Waals surface area contributed by atoms with Crippen molar-refractivity contribution in [2.45, 2.75) is 75.9 Å². The fourth-order valence-corrected chi connectivity index (χ4v) is 5.11. The molecule has 2 aliphatic carbocycles. The number of benzene rings is 1. The minimum atomic E-state index is -0.815. The SMILES string of the molecule is O=C(NC1CCCCC1)[C@H](c1ccc(F)cc1)N(C(=O)c1csnn1)C1CCCC1. The Morgan fingerprint density at radius 2 is 1.70 bits per heavy atom. The van der Waals surface area contributed by atoms with Crippen LogP contribution in [-0.2, 0) is 4.79 Å². The van der Waals surface area contributed by atoms with Crippen molar-refractivity contribution in [3.8, 4) is 0 Å². The van der Waals surface area contributed by atoms with Crippen molar-refractivity contribution in [3.05, 3.63) is 46.7 Å². The molecule has 1 N–H and O–H groups in total. The second kappa shape index (κ2) is 9.64. The van der Waals surface area contributed by atoms with E-state index in [2.05, 4.69) is 14.9 Å². The molecule has 0 unspecified atom stereocenters. The average Bonchev–Trinajstić information content (AvgIpc) is 3.47. The third-order valence-corrected chi connectivity index (χ3v) is 6.70. The molecule has 4 rings (SSSR count). The van der Waals surface area contributed by atoms with Crippen molar-refractivity contribution < 1.29 is 14.0 Å². The van der Waals surface area contributed by atoms with E-state index in [1.165, 1.54) is 18.6 Å². The number of hydrogen-bond donors (Lipinski definition) is 1. The third kappa shape index (κ3) is 4.69. The molecule has 30 heavy (non-hydrogen) atoms. The van der Waals surface area contributed by atoms with E-state index in [9.17, 15) is 14.0 Å². The van der Waals surface area contributed by atoms with Gasteiger partial charge in [-0.25, -0.2) is 4.39 Å². The molecule has 2 amide bonds. The summed E-state index contributed by atoms with van der Waals surface area (Å²) in [7, 11) is 0. The monoisotopic (exact) mass is 430 g/mol. The highest BCUT2D eigenvalue weighted by atomic mass is 32.1. The summed E-state index contributed by atoms with van der Waals surface area (Å²) in [6.45, 7) is 0. The summed E-state index contributed by atoms with van der Waals surface area (Å²) in [5.74, 6) is -0.853. The molecule has 0 bridgehead atoms. The van der Waals surface area contributed by atoms with E-state index in [1.807, 2.05) is 0 Å². The number of nitrogens with one attached hydrogen (secondary N) is 1. The molecule has 1 aromatic heterocycles. The summed E-state index contributed by atoms with van der Waals surface area (Å²) >= 11 is 1.12. The molecule has 1 heterocycles. The molecule has 0 radical (unpaired) electrons. The number of aromatic nitrogens is 2. The van der Waals surface area contributed by atoms with E-state index in [1.54, 1.807) is 22.4 Å². The lowest BCUT2D eigenvalue weighted by atomic mass is 9.94. The van der Waals surface area contributed by atoms with Crippen molar-refractivity contribution in [3.63, 3.8) is 0 Å². The van der Waals surface area contributed by atoms with Crippen LogP contribution in [-0.4, -0.2) is 38.4 Å². The highest BCUT2D eigenvalue weighted by Crippen LogP contribution is 2.33. The van der Waals surface area contributed by atoms with Crippen LogP contribution in [0.1, 0.15) is 79.9 Å². The van der Waals surface area contributed by atoms with E-state index < -0.39 is 6.04 Å². The smallest absolute Gasteiger partial charge is 0.276 e. The molecule has 2 saturated carbocycles. The molecule has 0 aliphatic heterocycles. The third-order valence-electron chi connectivity index (χ3n) is 6.20. The van der Waals surface area contributed by atoms with Gasteiger partial charge in [0.15, 0.2) is 5.69 Å². The summed E-state index contributed by atoms with van der Waals surface area (Å²) in [5.41, 5.74) is 0.873. The summed E-state index contributed by atoms with van der Waals surface area (Å²) < 4.78 is 17.4. The first-order valence-corrected chi connectivity index (χ1v) is 11.6. The van der Waals surface area contributed by atoms with Gasteiger partial charge in [0.05, 0.1) is 0 Å².